The Morgan fingerprint density at radius 3 is 1.80 bits per heavy atom. The first-order valence-electron chi connectivity index (χ1n) is 18.1. The highest BCUT2D eigenvalue weighted by Gasteiger charge is 2.49. The number of anilines is 1. The van der Waals surface area contributed by atoms with Gasteiger partial charge in [0, 0.05) is 11.3 Å². The van der Waals surface area contributed by atoms with Crippen molar-refractivity contribution in [2.24, 2.45) is 0 Å². The fourth-order valence-corrected chi connectivity index (χ4v) is 8.53. The Morgan fingerprint density at radius 1 is 0.778 bits per heavy atom. The molecule has 1 aliphatic rings. The summed E-state index contributed by atoms with van der Waals surface area (Å²) in [6, 6.07) is 47.3. The molecule has 2 N–H and O–H groups in total. The van der Waals surface area contributed by atoms with Gasteiger partial charge in [-0.1, -0.05) is 134 Å². The molecular weight excluding hydrogens is 693 g/mol. The van der Waals surface area contributed by atoms with Gasteiger partial charge in [-0.25, -0.2) is 9.48 Å². The van der Waals surface area contributed by atoms with Crippen LogP contribution in [-0.2, 0) is 15.1 Å². The molecule has 0 radical (unpaired) electrons. The van der Waals surface area contributed by atoms with Gasteiger partial charge in [-0.2, -0.15) is 0 Å². The normalized spacial score (nSPS) is 16.0. The van der Waals surface area contributed by atoms with Crippen LogP contribution in [0.25, 0.3) is 22.5 Å². The van der Waals surface area contributed by atoms with Gasteiger partial charge >= 0.3 is 5.97 Å². The van der Waals surface area contributed by atoms with Crippen molar-refractivity contribution in [3.05, 3.63) is 168 Å². The zero-order valence-corrected chi connectivity index (χ0v) is 31.9. The summed E-state index contributed by atoms with van der Waals surface area (Å²) < 4.78 is 7.48. The van der Waals surface area contributed by atoms with E-state index < -0.39 is 22.1 Å². The first-order chi connectivity index (χ1) is 26.1. The lowest BCUT2D eigenvalue weighted by Crippen LogP contribution is -2.49. The summed E-state index contributed by atoms with van der Waals surface area (Å²) >= 11 is 1.63. The van der Waals surface area contributed by atoms with E-state index in [4.69, 9.17) is 15.0 Å². The Labute approximate surface area is 320 Å². The number of benzene rings is 5. The van der Waals surface area contributed by atoms with Crippen LogP contribution >= 0.6 is 11.8 Å². The molecule has 54 heavy (non-hydrogen) atoms. The molecule has 7 rings (SSSR count). The Hall–Kier alpha value is -5.71. The van der Waals surface area contributed by atoms with Crippen LogP contribution in [0.1, 0.15) is 51.3 Å². The second-order valence-electron chi connectivity index (χ2n) is 13.7. The van der Waals surface area contributed by atoms with E-state index in [1.54, 1.807) is 32.5 Å². The fourth-order valence-electron chi connectivity index (χ4n) is 7.47. The van der Waals surface area contributed by atoms with Crippen LogP contribution < -0.4 is 10.2 Å². The molecule has 0 saturated carbocycles. The Bertz CT molecular complexity index is 2160. The average molecular weight is 737 g/mol. The van der Waals surface area contributed by atoms with E-state index in [1.165, 1.54) is 0 Å². The number of ether oxygens (including phenoxy) is 1. The van der Waals surface area contributed by atoms with Crippen molar-refractivity contribution in [3.8, 4) is 22.5 Å². The standard InChI is InChI=1S/C44H44N6O3S/c1-6-53-41(51)38-39(42(3,4)52)45-43(5,54-7-2)49(38)35-29-27-31(28-30-35)36-25-17-18-26-37(36)40-46-47-48-50(40)44(32-19-11-8-12-20-32,33-21-13-9-14-22-33)34-23-15-10-16-24-34/h8-30,45,52H,6-7H2,1-5H3. The number of nitrogens with zero attached hydrogens (tertiary/aromatic N) is 5. The van der Waals surface area contributed by atoms with E-state index in [1.807, 2.05) is 114 Å². The zero-order valence-electron chi connectivity index (χ0n) is 31.1. The molecule has 0 fully saturated rings. The van der Waals surface area contributed by atoms with Crippen LogP contribution in [0, 0.1) is 0 Å². The summed E-state index contributed by atoms with van der Waals surface area (Å²) in [7, 11) is 0. The van der Waals surface area contributed by atoms with E-state index in [2.05, 4.69) is 59.9 Å². The SMILES string of the molecule is CCOC(=O)C1=C(C(C)(C)O)NC(C)(SCC)N1c1ccc(-c2ccccc2-c2nnnn2C(c2ccccc2)(c2ccccc2)c2ccccc2)cc1. The van der Waals surface area contributed by atoms with Crippen LogP contribution in [0.15, 0.2) is 151 Å². The molecule has 10 heteroatoms. The zero-order chi connectivity index (χ0) is 37.9. The summed E-state index contributed by atoms with van der Waals surface area (Å²) in [6.45, 7) is 9.41. The minimum absolute atomic E-state index is 0.211. The van der Waals surface area contributed by atoms with Gasteiger partial charge in [0.15, 0.2) is 16.5 Å². The monoisotopic (exact) mass is 736 g/mol. The molecule has 0 amide bonds. The summed E-state index contributed by atoms with van der Waals surface area (Å²) in [4.78, 5) is 14.7. The summed E-state index contributed by atoms with van der Waals surface area (Å²) in [5, 5.41) is 28.5. The third kappa shape index (κ3) is 6.45. The molecule has 274 valence electrons. The van der Waals surface area contributed by atoms with Gasteiger partial charge in [0.05, 0.1) is 12.3 Å². The van der Waals surface area contributed by atoms with Crippen molar-refractivity contribution in [2.75, 3.05) is 17.3 Å². The third-order valence-corrected chi connectivity index (χ3v) is 10.9. The van der Waals surface area contributed by atoms with Crippen LogP contribution in [0.2, 0.25) is 0 Å². The van der Waals surface area contributed by atoms with Gasteiger partial charge in [0.1, 0.15) is 11.1 Å². The Kier molecular flexibility index (Phi) is 10.2. The van der Waals surface area contributed by atoms with Gasteiger partial charge in [-0.3, -0.25) is 0 Å². The molecule has 0 aliphatic carbocycles. The van der Waals surface area contributed by atoms with Crippen LogP contribution in [-0.4, -0.2) is 54.2 Å². The third-order valence-electron chi connectivity index (χ3n) is 9.72. The smallest absolute Gasteiger partial charge is 0.356 e. The molecule has 2 heterocycles. The quantitative estimate of drug-likeness (QED) is 0.0950. The number of tetrazole rings is 1. The Morgan fingerprint density at radius 2 is 1.30 bits per heavy atom. The predicted molar refractivity (Wildman–Crippen MR) is 215 cm³/mol. The molecule has 1 unspecified atom stereocenters. The minimum Gasteiger partial charge on any atom is -0.461 e. The van der Waals surface area contributed by atoms with Crippen LogP contribution in [0.4, 0.5) is 5.69 Å². The number of carbonyl (C=O) groups excluding carboxylic acids is 1. The highest BCUT2D eigenvalue weighted by molar-refractivity contribution is 8.00. The van der Waals surface area contributed by atoms with Crippen molar-refractivity contribution >= 4 is 23.4 Å². The lowest BCUT2D eigenvalue weighted by Gasteiger charge is -2.37. The van der Waals surface area contributed by atoms with Crippen molar-refractivity contribution in [3.63, 3.8) is 0 Å². The maximum atomic E-state index is 13.6. The highest BCUT2D eigenvalue weighted by Crippen LogP contribution is 2.46. The maximum Gasteiger partial charge on any atom is 0.356 e. The van der Waals surface area contributed by atoms with E-state index >= 15 is 0 Å². The summed E-state index contributed by atoms with van der Waals surface area (Å²) in [5.74, 6) is 0.873. The number of rotatable bonds is 12. The summed E-state index contributed by atoms with van der Waals surface area (Å²) in [5.41, 5.74) is 5.04. The second kappa shape index (κ2) is 15.0. The number of aliphatic hydroxyl groups is 1. The van der Waals surface area contributed by atoms with E-state index in [-0.39, 0.29) is 6.61 Å². The number of carbonyl (C=O) groups is 1. The number of hydrogen-bond acceptors (Lipinski definition) is 9. The molecule has 1 aliphatic heterocycles. The lowest BCUT2D eigenvalue weighted by molar-refractivity contribution is -0.138. The maximum absolute atomic E-state index is 13.6. The molecule has 0 saturated heterocycles. The topological polar surface area (TPSA) is 105 Å². The molecular formula is C44H44N6O3S. The number of nitrogens with one attached hydrogen (secondary N) is 1. The number of thioether (sulfide) groups is 1. The van der Waals surface area contributed by atoms with Crippen LogP contribution in [0.3, 0.4) is 0 Å². The highest BCUT2D eigenvalue weighted by atomic mass is 32.2. The van der Waals surface area contributed by atoms with Crippen molar-refractivity contribution < 1.29 is 14.6 Å². The van der Waals surface area contributed by atoms with Gasteiger partial charge in [-0.05, 0) is 83.8 Å². The molecule has 1 atom stereocenters. The minimum atomic E-state index is -1.32. The average Bonchev–Trinajstić information content (AvgIpc) is 3.80. The molecule has 9 nitrogen and oxygen atoms in total. The summed E-state index contributed by atoms with van der Waals surface area (Å²) in [6.07, 6.45) is 0. The van der Waals surface area contributed by atoms with E-state index in [0.717, 1.165) is 44.8 Å². The first-order valence-corrected chi connectivity index (χ1v) is 19.1. The Balaban J connectivity index is 1.38. The number of aromatic nitrogens is 4. The number of hydrogen-bond donors (Lipinski definition) is 2. The molecule has 6 aromatic rings. The second-order valence-corrected chi connectivity index (χ2v) is 15.4. The first kappa shape index (κ1) is 36.6. The van der Waals surface area contributed by atoms with Crippen molar-refractivity contribution in [2.45, 2.75) is 50.8 Å². The molecule has 0 spiro atoms. The van der Waals surface area contributed by atoms with E-state index in [9.17, 15) is 9.90 Å². The van der Waals surface area contributed by atoms with Gasteiger partial charge in [-0.15, -0.1) is 16.9 Å². The largest absolute Gasteiger partial charge is 0.461 e. The lowest BCUT2D eigenvalue weighted by atomic mass is 9.77. The van der Waals surface area contributed by atoms with Crippen molar-refractivity contribution in [1.82, 2.24) is 25.5 Å². The van der Waals surface area contributed by atoms with Crippen LogP contribution in [0.5, 0.6) is 0 Å². The van der Waals surface area contributed by atoms with Gasteiger partial charge in [0.25, 0.3) is 0 Å². The predicted octanol–water partition coefficient (Wildman–Crippen LogP) is 8.23. The van der Waals surface area contributed by atoms with Gasteiger partial charge in [0.2, 0.25) is 0 Å². The van der Waals surface area contributed by atoms with Gasteiger partial charge < -0.3 is 20.1 Å². The fraction of sp³-hybridized carbons (Fsp3) is 0.227. The molecule has 5 aromatic carbocycles. The number of esters is 1. The molecule has 1 aromatic heterocycles. The molecule has 0 bridgehead atoms. The van der Waals surface area contributed by atoms with E-state index in [0.29, 0.717) is 17.2 Å². The van der Waals surface area contributed by atoms with Crippen molar-refractivity contribution in [1.29, 1.82) is 0 Å².